The largest absolute Gasteiger partial charge is 0.386 e. The van der Waals surface area contributed by atoms with Crippen LogP contribution in [-0.2, 0) is 6.42 Å². The monoisotopic (exact) mass is 192 g/mol. The van der Waals surface area contributed by atoms with Crippen molar-refractivity contribution in [3.05, 3.63) is 23.0 Å². The van der Waals surface area contributed by atoms with Crippen molar-refractivity contribution in [2.45, 2.75) is 27.2 Å². The Morgan fingerprint density at radius 2 is 2.21 bits per heavy atom. The second kappa shape index (κ2) is 4.22. The van der Waals surface area contributed by atoms with Gasteiger partial charge in [-0.15, -0.1) is 0 Å². The number of aryl methyl sites for hydroxylation is 2. The highest BCUT2D eigenvalue weighted by Gasteiger charge is 2.11. The first-order valence-electron chi connectivity index (χ1n) is 4.79. The zero-order valence-electron chi connectivity index (χ0n) is 9.14. The maximum absolute atomic E-state index is 11.4. The Hall–Kier alpha value is -1.38. The molecule has 0 radical (unpaired) electrons. The molecule has 0 aliphatic heterocycles. The number of hydrogen-bond donors (Lipinski definition) is 1. The molecule has 3 nitrogen and oxygen atoms in total. The summed E-state index contributed by atoms with van der Waals surface area (Å²) in [5.41, 5.74) is 3.45. The summed E-state index contributed by atoms with van der Waals surface area (Å²) in [5, 5.41) is 3.04. The first kappa shape index (κ1) is 10.7. The van der Waals surface area contributed by atoms with Gasteiger partial charge in [0.15, 0.2) is 5.78 Å². The molecule has 1 rings (SSSR count). The van der Waals surface area contributed by atoms with Crippen LogP contribution >= 0.6 is 0 Å². The summed E-state index contributed by atoms with van der Waals surface area (Å²) in [6.07, 6.45) is 0.831. The number of ketones is 1. The van der Waals surface area contributed by atoms with Gasteiger partial charge in [0.1, 0.15) is 0 Å². The van der Waals surface area contributed by atoms with Crippen molar-refractivity contribution < 1.29 is 4.79 Å². The van der Waals surface area contributed by atoms with Gasteiger partial charge in [0.2, 0.25) is 0 Å². The third-order valence-corrected chi connectivity index (χ3v) is 2.19. The van der Waals surface area contributed by atoms with Gasteiger partial charge in [-0.05, 0) is 26.3 Å². The molecule has 14 heavy (non-hydrogen) atoms. The zero-order chi connectivity index (χ0) is 10.7. The number of hydrogen-bond acceptors (Lipinski definition) is 3. The fraction of sp³-hybridized carbons (Fsp3) is 0.455. The lowest BCUT2D eigenvalue weighted by atomic mass is 10.1. The quantitative estimate of drug-likeness (QED) is 0.746. The van der Waals surface area contributed by atoms with E-state index in [0.717, 1.165) is 29.1 Å². The van der Waals surface area contributed by atoms with Crippen molar-refractivity contribution in [1.82, 2.24) is 4.98 Å². The molecule has 0 fully saturated rings. The van der Waals surface area contributed by atoms with E-state index >= 15 is 0 Å². The number of carbonyl (C=O) groups excluding carboxylic acids is 1. The van der Waals surface area contributed by atoms with E-state index in [1.165, 1.54) is 0 Å². The Balaban J connectivity index is 3.39. The van der Waals surface area contributed by atoms with Gasteiger partial charge in [-0.25, -0.2) is 0 Å². The Morgan fingerprint density at radius 3 is 2.64 bits per heavy atom. The predicted octanol–water partition coefficient (Wildman–Crippen LogP) is 2.20. The van der Waals surface area contributed by atoms with E-state index in [4.69, 9.17) is 0 Å². The van der Waals surface area contributed by atoms with Gasteiger partial charge in [0.25, 0.3) is 0 Å². The first-order chi connectivity index (χ1) is 6.60. The molecule has 0 amide bonds. The predicted molar refractivity (Wildman–Crippen MR) is 57.9 cm³/mol. The molecule has 1 N–H and O–H groups in total. The summed E-state index contributed by atoms with van der Waals surface area (Å²) in [5.74, 6) is 0.0783. The summed E-state index contributed by atoms with van der Waals surface area (Å²) in [4.78, 5) is 15.8. The number of pyridine rings is 1. The van der Waals surface area contributed by atoms with Crippen molar-refractivity contribution in [1.29, 1.82) is 0 Å². The van der Waals surface area contributed by atoms with Gasteiger partial charge in [0.05, 0.1) is 11.4 Å². The Labute approximate surface area is 84.6 Å². The SMILES string of the molecule is CCc1nc(C)cc(C(C)=O)c1NC. The lowest BCUT2D eigenvalue weighted by molar-refractivity contribution is 0.101. The minimum Gasteiger partial charge on any atom is -0.386 e. The van der Waals surface area contributed by atoms with Gasteiger partial charge in [0, 0.05) is 18.3 Å². The minimum absolute atomic E-state index is 0.0783. The van der Waals surface area contributed by atoms with Crippen LogP contribution in [0.2, 0.25) is 0 Å². The van der Waals surface area contributed by atoms with Crippen molar-refractivity contribution in [2.75, 3.05) is 12.4 Å². The van der Waals surface area contributed by atoms with Crippen LogP contribution in [0.1, 0.15) is 35.6 Å². The Kier molecular flexibility index (Phi) is 3.23. The number of Topliss-reactive ketones (excluding diaryl/α,β-unsaturated/α-hetero) is 1. The standard InChI is InChI=1S/C11H16N2O/c1-5-10-11(12-4)9(8(3)14)6-7(2)13-10/h6,12H,5H2,1-4H3. The molecule has 1 aromatic rings. The summed E-state index contributed by atoms with van der Waals surface area (Å²) >= 11 is 0. The molecule has 0 saturated heterocycles. The summed E-state index contributed by atoms with van der Waals surface area (Å²) in [6, 6.07) is 1.83. The third kappa shape index (κ3) is 1.92. The van der Waals surface area contributed by atoms with Crippen LogP contribution < -0.4 is 5.32 Å². The fourth-order valence-electron chi connectivity index (χ4n) is 1.55. The molecular formula is C11H16N2O. The van der Waals surface area contributed by atoms with E-state index in [9.17, 15) is 4.79 Å². The van der Waals surface area contributed by atoms with E-state index in [1.54, 1.807) is 6.92 Å². The van der Waals surface area contributed by atoms with Crippen molar-refractivity contribution in [3.63, 3.8) is 0 Å². The van der Waals surface area contributed by atoms with Crippen LogP contribution in [0.4, 0.5) is 5.69 Å². The van der Waals surface area contributed by atoms with Crippen LogP contribution in [0.3, 0.4) is 0 Å². The molecule has 0 aromatic carbocycles. The number of carbonyl (C=O) groups is 1. The molecule has 0 saturated carbocycles. The smallest absolute Gasteiger partial charge is 0.162 e. The molecule has 0 aliphatic carbocycles. The van der Waals surface area contributed by atoms with E-state index < -0.39 is 0 Å². The molecule has 0 bridgehead atoms. The van der Waals surface area contributed by atoms with Gasteiger partial charge < -0.3 is 5.32 Å². The fourth-order valence-corrected chi connectivity index (χ4v) is 1.55. The summed E-state index contributed by atoms with van der Waals surface area (Å²) in [6.45, 7) is 5.52. The van der Waals surface area contributed by atoms with Gasteiger partial charge in [-0.3, -0.25) is 9.78 Å². The van der Waals surface area contributed by atoms with Crippen LogP contribution in [0, 0.1) is 6.92 Å². The van der Waals surface area contributed by atoms with Crippen LogP contribution in [0.5, 0.6) is 0 Å². The number of aromatic nitrogens is 1. The number of anilines is 1. The van der Waals surface area contributed by atoms with Gasteiger partial charge >= 0.3 is 0 Å². The normalized spacial score (nSPS) is 10.0. The topological polar surface area (TPSA) is 42.0 Å². The maximum Gasteiger partial charge on any atom is 0.162 e. The number of nitrogens with one attached hydrogen (secondary N) is 1. The molecule has 1 heterocycles. The van der Waals surface area contributed by atoms with E-state index in [-0.39, 0.29) is 5.78 Å². The molecule has 0 spiro atoms. The maximum atomic E-state index is 11.4. The van der Waals surface area contributed by atoms with E-state index in [0.29, 0.717) is 0 Å². The lowest BCUT2D eigenvalue weighted by Gasteiger charge is -2.11. The molecular weight excluding hydrogens is 176 g/mol. The van der Waals surface area contributed by atoms with E-state index in [1.807, 2.05) is 27.0 Å². The van der Waals surface area contributed by atoms with Crippen LogP contribution in [0.15, 0.2) is 6.07 Å². The Morgan fingerprint density at radius 1 is 1.57 bits per heavy atom. The molecule has 1 aromatic heterocycles. The first-order valence-corrected chi connectivity index (χ1v) is 4.79. The average Bonchev–Trinajstić information content (AvgIpc) is 2.16. The number of rotatable bonds is 3. The lowest BCUT2D eigenvalue weighted by Crippen LogP contribution is -2.07. The highest BCUT2D eigenvalue weighted by atomic mass is 16.1. The van der Waals surface area contributed by atoms with Crippen molar-refractivity contribution in [2.24, 2.45) is 0 Å². The molecule has 76 valence electrons. The van der Waals surface area contributed by atoms with Gasteiger partial charge in [-0.1, -0.05) is 6.92 Å². The number of nitrogens with zero attached hydrogens (tertiary/aromatic N) is 1. The highest BCUT2D eigenvalue weighted by molar-refractivity contribution is 6.00. The molecule has 0 unspecified atom stereocenters. The Bertz CT molecular complexity index is 359. The van der Waals surface area contributed by atoms with Crippen molar-refractivity contribution in [3.8, 4) is 0 Å². The highest BCUT2D eigenvalue weighted by Crippen LogP contribution is 2.21. The zero-order valence-corrected chi connectivity index (χ0v) is 9.14. The summed E-state index contributed by atoms with van der Waals surface area (Å²) < 4.78 is 0. The van der Waals surface area contributed by atoms with E-state index in [2.05, 4.69) is 10.3 Å². The second-order valence-corrected chi connectivity index (χ2v) is 3.29. The molecule has 0 atom stereocenters. The molecule has 3 heteroatoms. The third-order valence-electron chi connectivity index (χ3n) is 2.19. The van der Waals surface area contributed by atoms with Gasteiger partial charge in [-0.2, -0.15) is 0 Å². The van der Waals surface area contributed by atoms with Crippen LogP contribution in [0.25, 0.3) is 0 Å². The second-order valence-electron chi connectivity index (χ2n) is 3.29. The average molecular weight is 192 g/mol. The summed E-state index contributed by atoms with van der Waals surface area (Å²) in [7, 11) is 1.82. The van der Waals surface area contributed by atoms with Crippen LogP contribution in [-0.4, -0.2) is 17.8 Å². The molecule has 0 aliphatic rings. The minimum atomic E-state index is 0.0783. The van der Waals surface area contributed by atoms with Crippen molar-refractivity contribution >= 4 is 11.5 Å².